The minimum atomic E-state index is 0.796. The van der Waals surface area contributed by atoms with Crippen LogP contribution in [0.5, 0.6) is 0 Å². The lowest BCUT2D eigenvalue weighted by Gasteiger charge is -2.20. The third-order valence-corrected chi connectivity index (χ3v) is 4.37. The first-order valence-corrected chi connectivity index (χ1v) is 8.62. The summed E-state index contributed by atoms with van der Waals surface area (Å²) in [4.78, 5) is 11.0. The van der Waals surface area contributed by atoms with Crippen LogP contribution in [0, 0.1) is 6.92 Å². The summed E-state index contributed by atoms with van der Waals surface area (Å²) in [5.74, 6) is 0.885. The first kappa shape index (κ1) is 15.9. The first-order chi connectivity index (χ1) is 11.3. The van der Waals surface area contributed by atoms with Gasteiger partial charge in [-0.05, 0) is 44.0 Å². The van der Waals surface area contributed by atoms with E-state index in [1.54, 1.807) is 6.33 Å². The molecule has 2 heterocycles. The van der Waals surface area contributed by atoms with Gasteiger partial charge in [-0.2, -0.15) is 0 Å². The summed E-state index contributed by atoms with van der Waals surface area (Å²) in [7, 11) is 0. The van der Waals surface area contributed by atoms with Crippen LogP contribution in [-0.4, -0.2) is 28.0 Å². The molecule has 3 rings (SSSR count). The van der Waals surface area contributed by atoms with E-state index in [1.165, 1.54) is 49.9 Å². The fourth-order valence-electron chi connectivity index (χ4n) is 3.13. The van der Waals surface area contributed by atoms with E-state index in [1.807, 2.05) is 13.0 Å². The van der Waals surface area contributed by atoms with Crippen LogP contribution in [0.25, 0.3) is 0 Å². The molecule has 1 aliphatic rings. The summed E-state index contributed by atoms with van der Waals surface area (Å²) >= 11 is 0. The Morgan fingerprint density at radius 2 is 1.78 bits per heavy atom. The van der Waals surface area contributed by atoms with E-state index < -0.39 is 0 Å². The van der Waals surface area contributed by atoms with Gasteiger partial charge in [0.15, 0.2) is 0 Å². The predicted molar refractivity (Wildman–Crippen MR) is 94.3 cm³/mol. The molecule has 2 aromatic rings. The highest BCUT2D eigenvalue weighted by molar-refractivity contribution is 5.36. The van der Waals surface area contributed by atoms with Crippen molar-refractivity contribution in [3.63, 3.8) is 0 Å². The molecule has 4 nitrogen and oxygen atoms in total. The zero-order valence-electron chi connectivity index (χ0n) is 14.0. The van der Waals surface area contributed by atoms with Crippen molar-refractivity contribution in [1.29, 1.82) is 0 Å². The van der Waals surface area contributed by atoms with E-state index in [2.05, 4.69) is 44.5 Å². The summed E-state index contributed by atoms with van der Waals surface area (Å²) in [5, 5.41) is 3.38. The lowest BCUT2D eigenvalue weighted by atomic mass is 10.1. The van der Waals surface area contributed by atoms with Crippen molar-refractivity contribution in [3.8, 4) is 0 Å². The third kappa shape index (κ3) is 5.03. The number of hydrogen-bond donors (Lipinski definition) is 1. The van der Waals surface area contributed by atoms with Crippen LogP contribution in [-0.2, 0) is 13.1 Å². The van der Waals surface area contributed by atoms with Gasteiger partial charge in [0.2, 0.25) is 0 Å². The predicted octanol–water partition coefficient (Wildman–Crippen LogP) is 3.77. The number of aromatic nitrogens is 2. The third-order valence-electron chi connectivity index (χ3n) is 4.37. The molecule has 0 spiro atoms. The van der Waals surface area contributed by atoms with Gasteiger partial charge in [-0.25, -0.2) is 9.97 Å². The maximum absolute atomic E-state index is 4.25. The fraction of sp³-hybridized carbons (Fsp3) is 0.474. The Labute approximate surface area is 139 Å². The van der Waals surface area contributed by atoms with Crippen LogP contribution in [0.2, 0.25) is 0 Å². The molecule has 1 fully saturated rings. The van der Waals surface area contributed by atoms with Crippen molar-refractivity contribution in [1.82, 2.24) is 14.9 Å². The van der Waals surface area contributed by atoms with Crippen LogP contribution in [0.15, 0.2) is 36.7 Å². The molecule has 1 aromatic carbocycles. The van der Waals surface area contributed by atoms with E-state index in [-0.39, 0.29) is 0 Å². The Morgan fingerprint density at radius 1 is 1.00 bits per heavy atom. The van der Waals surface area contributed by atoms with E-state index in [9.17, 15) is 0 Å². The van der Waals surface area contributed by atoms with Gasteiger partial charge in [0, 0.05) is 24.8 Å². The average molecular weight is 310 g/mol. The molecule has 1 aliphatic heterocycles. The second-order valence-corrected chi connectivity index (χ2v) is 6.41. The number of benzene rings is 1. The molecule has 1 aromatic heterocycles. The van der Waals surface area contributed by atoms with Gasteiger partial charge in [-0.1, -0.05) is 37.1 Å². The summed E-state index contributed by atoms with van der Waals surface area (Å²) in [6.07, 6.45) is 7.06. The summed E-state index contributed by atoms with van der Waals surface area (Å²) < 4.78 is 0. The zero-order valence-corrected chi connectivity index (χ0v) is 14.0. The Morgan fingerprint density at radius 3 is 2.57 bits per heavy atom. The molecule has 1 saturated heterocycles. The van der Waals surface area contributed by atoms with Gasteiger partial charge in [0.1, 0.15) is 12.1 Å². The second kappa shape index (κ2) is 8.06. The van der Waals surface area contributed by atoms with Gasteiger partial charge < -0.3 is 5.32 Å². The maximum Gasteiger partial charge on any atom is 0.129 e. The molecule has 0 aliphatic carbocycles. The van der Waals surface area contributed by atoms with Crippen molar-refractivity contribution in [2.45, 2.75) is 45.7 Å². The maximum atomic E-state index is 4.25. The Kier molecular flexibility index (Phi) is 5.59. The van der Waals surface area contributed by atoms with Gasteiger partial charge in [-0.15, -0.1) is 0 Å². The summed E-state index contributed by atoms with van der Waals surface area (Å²) in [6, 6.07) is 10.9. The molecule has 1 N–H and O–H groups in total. The average Bonchev–Trinajstić information content (AvgIpc) is 2.82. The quantitative estimate of drug-likeness (QED) is 0.912. The highest BCUT2D eigenvalue weighted by atomic mass is 15.1. The molecular weight excluding hydrogens is 284 g/mol. The Hall–Kier alpha value is -1.94. The van der Waals surface area contributed by atoms with Crippen molar-refractivity contribution >= 4 is 5.82 Å². The second-order valence-electron chi connectivity index (χ2n) is 6.41. The number of rotatable bonds is 5. The van der Waals surface area contributed by atoms with Crippen LogP contribution < -0.4 is 5.32 Å². The summed E-state index contributed by atoms with van der Waals surface area (Å²) in [6.45, 7) is 6.32. The lowest BCUT2D eigenvalue weighted by Crippen LogP contribution is -2.24. The number of aryl methyl sites for hydroxylation is 1. The van der Waals surface area contributed by atoms with Crippen molar-refractivity contribution < 1.29 is 0 Å². The molecule has 0 bridgehead atoms. The van der Waals surface area contributed by atoms with E-state index in [0.29, 0.717) is 0 Å². The van der Waals surface area contributed by atoms with Gasteiger partial charge >= 0.3 is 0 Å². The highest BCUT2D eigenvalue weighted by Crippen LogP contribution is 2.15. The van der Waals surface area contributed by atoms with Crippen molar-refractivity contribution in [2.75, 3.05) is 18.4 Å². The normalized spacial score (nSPS) is 16.0. The van der Waals surface area contributed by atoms with E-state index >= 15 is 0 Å². The minimum Gasteiger partial charge on any atom is -0.366 e. The molecule has 0 radical (unpaired) electrons. The molecule has 0 unspecified atom stereocenters. The molecule has 23 heavy (non-hydrogen) atoms. The Balaban J connectivity index is 1.58. The molecule has 0 saturated carbocycles. The van der Waals surface area contributed by atoms with Gasteiger partial charge in [0.05, 0.1) is 0 Å². The lowest BCUT2D eigenvalue weighted by molar-refractivity contribution is 0.277. The largest absolute Gasteiger partial charge is 0.366 e. The summed E-state index contributed by atoms with van der Waals surface area (Å²) in [5.41, 5.74) is 3.69. The van der Waals surface area contributed by atoms with E-state index in [4.69, 9.17) is 0 Å². The number of likely N-dealkylation sites (tertiary alicyclic amines) is 1. The van der Waals surface area contributed by atoms with Crippen LogP contribution in [0.3, 0.4) is 0 Å². The zero-order chi connectivity index (χ0) is 15.9. The standard InChI is InChI=1S/C19H26N4/c1-16-11-19(22-15-21-16)20-13-17-7-6-8-18(12-17)14-23-9-4-2-3-5-10-23/h6-8,11-12,15H,2-5,9-10,13-14H2,1H3,(H,20,21,22). The van der Waals surface area contributed by atoms with Crippen LogP contribution in [0.4, 0.5) is 5.82 Å². The SMILES string of the molecule is Cc1cc(NCc2cccc(CN3CCCCCC3)c2)ncn1. The molecule has 122 valence electrons. The number of anilines is 1. The van der Waals surface area contributed by atoms with Crippen LogP contribution >= 0.6 is 0 Å². The first-order valence-electron chi connectivity index (χ1n) is 8.62. The van der Waals surface area contributed by atoms with Crippen molar-refractivity contribution in [2.24, 2.45) is 0 Å². The van der Waals surface area contributed by atoms with E-state index in [0.717, 1.165) is 24.6 Å². The molecule has 4 heteroatoms. The number of hydrogen-bond acceptors (Lipinski definition) is 4. The topological polar surface area (TPSA) is 41.0 Å². The molecule has 0 amide bonds. The highest BCUT2D eigenvalue weighted by Gasteiger charge is 2.09. The monoisotopic (exact) mass is 310 g/mol. The minimum absolute atomic E-state index is 0.796. The number of nitrogens with zero attached hydrogens (tertiary/aromatic N) is 3. The van der Waals surface area contributed by atoms with Gasteiger partial charge in [0.25, 0.3) is 0 Å². The molecule has 0 atom stereocenters. The fourth-order valence-corrected chi connectivity index (χ4v) is 3.13. The molecular formula is C19H26N4. The van der Waals surface area contributed by atoms with Crippen LogP contribution in [0.1, 0.15) is 42.5 Å². The van der Waals surface area contributed by atoms with Gasteiger partial charge in [-0.3, -0.25) is 4.90 Å². The van der Waals surface area contributed by atoms with Crippen molar-refractivity contribution in [3.05, 3.63) is 53.5 Å². The Bertz CT molecular complexity index is 618. The smallest absolute Gasteiger partial charge is 0.129 e. The number of nitrogens with one attached hydrogen (secondary N) is 1.